The number of benzene rings is 3. The van der Waals surface area contributed by atoms with Crippen LogP contribution < -0.4 is 13.9 Å². The van der Waals surface area contributed by atoms with Crippen molar-refractivity contribution in [2.24, 2.45) is 0 Å². The number of nitrogens with one attached hydrogen (secondary N) is 2. The van der Waals surface area contributed by atoms with E-state index in [0.717, 1.165) is 0 Å². The quantitative estimate of drug-likeness (QED) is 0.237. The number of H-pyrrole nitrogens is 1. The van der Waals surface area contributed by atoms with Gasteiger partial charge in [0.05, 0.1) is 9.79 Å². The zero-order chi connectivity index (χ0) is 25.2. The van der Waals surface area contributed by atoms with Crippen molar-refractivity contribution >= 4 is 56.1 Å². The summed E-state index contributed by atoms with van der Waals surface area (Å²) in [5.74, 6) is -1.93. The van der Waals surface area contributed by atoms with E-state index >= 15 is 0 Å². The van der Waals surface area contributed by atoms with Crippen molar-refractivity contribution in [2.45, 2.75) is 22.3 Å². The number of anilines is 1. The number of phenols is 1. The van der Waals surface area contributed by atoms with E-state index in [0.29, 0.717) is 22.2 Å². The highest BCUT2D eigenvalue weighted by Crippen LogP contribution is 2.39. The molecule has 0 aliphatic rings. The van der Waals surface area contributed by atoms with Crippen LogP contribution in [0.4, 0.5) is 5.69 Å². The smallest absolute Gasteiger partial charge is 0.326 e. The fraction of sp³-hybridized carbons (Fsp3) is 0.0870. The van der Waals surface area contributed by atoms with Gasteiger partial charge in [0.2, 0.25) is 15.6 Å². The number of aliphatic carboxylic acids is 1. The lowest BCUT2D eigenvalue weighted by molar-refractivity contribution is -0.137. The summed E-state index contributed by atoms with van der Waals surface area (Å²) < 4.78 is 35.4. The molecule has 0 amide bonds. The van der Waals surface area contributed by atoms with E-state index < -0.39 is 27.6 Å². The van der Waals surface area contributed by atoms with E-state index in [1.165, 1.54) is 30.5 Å². The van der Waals surface area contributed by atoms with Crippen LogP contribution >= 0.6 is 23.7 Å². The topological polar surface area (TPSA) is 138 Å². The molecule has 9 nitrogen and oxygen atoms in total. The van der Waals surface area contributed by atoms with Crippen LogP contribution in [0.15, 0.2) is 76.7 Å². The molecule has 12 heteroatoms. The van der Waals surface area contributed by atoms with E-state index in [2.05, 4.69) is 18.9 Å². The number of halogens is 2. The number of fused-ring (bicyclic) bond motifs is 1. The molecule has 35 heavy (non-hydrogen) atoms. The maximum absolute atomic E-state index is 13.1. The van der Waals surface area contributed by atoms with Crippen LogP contribution in [0, 0.1) is 0 Å². The lowest BCUT2D eigenvalue weighted by Crippen LogP contribution is -2.31. The van der Waals surface area contributed by atoms with Crippen molar-refractivity contribution in [3.05, 3.63) is 72.4 Å². The Hall–Kier alpha value is -3.60. The van der Waals surface area contributed by atoms with Gasteiger partial charge in [-0.25, -0.2) is 13.2 Å². The summed E-state index contributed by atoms with van der Waals surface area (Å²) in [6.07, 6.45) is 1.33. The van der Waals surface area contributed by atoms with Crippen LogP contribution in [0.3, 0.4) is 0 Å². The van der Waals surface area contributed by atoms with Gasteiger partial charge in [0, 0.05) is 29.2 Å². The number of carbonyl (C=O) groups is 1. The number of sulfone groups is 1. The first-order chi connectivity index (χ1) is 16.7. The third-order valence-electron chi connectivity index (χ3n) is 5.33. The first-order valence-corrected chi connectivity index (χ1v) is 12.2. The predicted octanol–water partition coefficient (Wildman–Crippen LogP) is 4.88. The van der Waals surface area contributed by atoms with Gasteiger partial charge in [-0.05, 0) is 48.0 Å². The van der Waals surface area contributed by atoms with E-state index in [-0.39, 0.29) is 27.7 Å². The highest BCUT2D eigenvalue weighted by molar-refractivity contribution is 7.91. The second-order valence-corrected chi connectivity index (χ2v) is 9.79. The second-order valence-electron chi connectivity index (χ2n) is 7.56. The molecule has 0 aliphatic carbocycles. The number of rotatable bonds is 9. The zero-order valence-electron chi connectivity index (χ0n) is 17.7. The van der Waals surface area contributed by atoms with E-state index in [1.54, 1.807) is 36.4 Å². The molecule has 182 valence electrons. The summed E-state index contributed by atoms with van der Waals surface area (Å²) in [5, 5.41) is 23.0. The molecule has 0 fully saturated rings. The minimum atomic E-state index is -3.80. The van der Waals surface area contributed by atoms with E-state index in [4.69, 9.17) is 23.7 Å². The normalized spacial score (nSPS) is 12.3. The summed E-state index contributed by atoms with van der Waals surface area (Å²) in [5.41, 5.74) is 1.35. The lowest BCUT2D eigenvalue weighted by atomic mass is 10.0. The molecule has 4 N–H and O–H groups in total. The Morgan fingerprint density at radius 2 is 1.69 bits per heavy atom. The summed E-state index contributed by atoms with van der Waals surface area (Å²) in [4.78, 5) is 15.1. The zero-order valence-corrected chi connectivity index (χ0v) is 20.1. The molecule has 0 bridgehead atoms. The van der Waals surface area contributed by atoms with Crippen molar-refractivity contribution < 1.29 is 32.0 Å². The van der Waals surface area contributed by atoms with Crippen molar-refractivity contribution in [3.63, 3.8) is 0 Å². The van der Waals surface area contributed by atoms with Gasteiger partial charge in [0.1, 0.15) is 29.8 Å². The standard InChI is InChI=1S/C23H18Cl2N2O7S/c24-33-19-9-13(10-20(34-25)22(19)28)8-18(23(29)30)27-14-6-7-17-16(11-14)21(12-26-17)35(31,32)15-4-2-1-3-5-15/h1-7,9-12,18,26-28H,8H2,(H,29,30)/t18-/m1/s1. The van der Waals surface area contributed by atoms with Crippen LogP contribution in [0.2, 0.25) is 0 Å². The number of hydrogen-bond acceptors (Lipinski definition) is 7. The number of aromatic hydroxyl groups is 1. The summed E-state index contributed by atoms with van der Waals surface area (Å²) in [7, 11) is -3.80. The average Bonchev–Trinajstić information content (AvgIpc) is 3.29. The largest absolute Gasteiger partial charge is 0.502 e. The number of carboxylic acid groups (broad SMARTS) is 1. The van der Waals surface area contributed by atoms with Gasteiger partial charge in [0.15, 0.2) is 11.5 Å². The van der Waals surface area contributed by atoms with Gasteiger partial charge in [-0.1, -0.05) is 18.2 Å². The molecule has 1 aromatic heterocycles. The first kappa shape index (κ1) is 24.5. The molecule has 0 saturated carbocycles. The van der Waals surface area contributed by atoms with Gasteiger partial charge < -0.3 is 29.1 Å². The van der Waals surface area contributed by atoms with Gasteiger partial charge >= 0.3 is 5.97 Å². The molecule has 4 aromatic rings. The van der Waals surface area contributed by atoms with Crippen LogP contribution in [0.5, 0.6) is 17.2 Å². The van der Waals surface area contributed by atoms with Gasteiger partial charge in [-0.2, -0.15) is 0 Å². The Morgan fingerprint density at radius 1 is 1.03 bits per heavy atom. The molecule has 4 rings (SSSR count). The minimum Gasteiger partial charge on any atom is -0.502 e. The summed E-state index contributed by atoms with van der Waals surface area (Å²) in [6, 6.07) is 14.4. The molecule has 0 saturated heterocycles. The van der Waals surface area contributed by atoms with Crippen LogP contribution in [0.1, 0.15) is 5.56 Å². The van der Waals surface area contributed by atoms with E-state index in [9.17, 15) is 23.4 Å². The number of aromatic nitrogens is 1. The lowest BCUT2D eigenvalue weighted by Gasteiger charge is -2.17. The third-order valence-corrected chi connectivity index (χ3v) is 7.47. The Bertz CT molecular complexity index is 1470. The molecule has 0 aliphatic heterocycles. The average molecular weight is 537 g/mol. The first-order valence-electron chi connectivity index (χ1n) is 10.1. The van der Waals surface area contributed by atoms with Crippen molar-refractivity contribution in [2.75, 3.05) is 5.32 Å². The Morgan fingerprint density at radius 3 is 2.29 bits per heavy atom. The molecular formula is C23H18Cl2N2O7S. The second kappa shape index (κ2) is 9.95. The van der Waals surface area contributed by atoms with Gasteiger partial charge in [0.25, 0.3) is 0 Å². The third kappa shape index (κ3) is 4.95. The number of hydrogen-bond donors (Lipinski definition) is 4. The molecule has 0 radical (unpaired) electrons. The Balaban J connectivity index is 1.66. The Kier molecular flexibility index (Phi) is 6.97. The highest BCUT2D eigenvalue weighted by atomic mass is 35.5. The molecule has 0 unspecified atom stereocenters. The predicted molar refractivity (Wildman–Crippen MR) is 130 cm³/mol. The number of carboxylic acids is 1. The van der Waals surface area contributed by atoms with E-state index in [1.807, 2.05) is 0 Å². The van der Waals surface area contributed by atoms with Crippen LogP contribution in [-0.2, 0) is 21.1 Å². The van der Waals surface area contributed by atoms with Crippen molar-refractivity contribution in [3.8, 4) is 17.2 Å². The fourth-order valence-electron chi connectivity index (χ4n) is 3.64. The maximum atomic E-state index is 13.1. The maximum Gasteiger partial charge on any atom is 0.326 e. The number of phenolic OH excluding ortho intramolecular Hbond substituents is 1. The minimum absolute atomic E-state index is 0.0700. The molecular weight excluding hydrogens is 519 g/mol. The Labute approximate surface area is 210 Å². The SMILES string of the molecule is O=C(O)[C@@H](Cc1cc(OCl)c(O)c(OCl)c1)Nc1ccc2[nH]cc(S(=O)(=O)c3ccccc3)c2c1. The van der Waals surface area contributed by atoms with Crippen LogP contribution in [0.25, 0.3) is 10.9 Å². The molecule has 3 aromatic carbocycles. The molecule has 0 spiro atoms. The summed E-state index contributed by atoms with van der Waals surface area (Å²) in [6.45, 7) is 0. The van der Waals surface area contributed by atoms with Gasteiger partial charge in [-0.15, -0.1) is 0 Å². The van der Waals surface area contributed by atoms with Gasteiger partial charge in [-0.3, -0.25) is 0 Å². The highest BCUT2D eigenvalue weighted by Gasteiger charge is 2.24. The molecule has 1 atom stereocenters. The van der Waals surface area contributed by atoms with Crippen molar-refractivity contribution in [1.82, 2.24) is 4.98 Å². The summed E-state index contributed by atoms with van der Waals surface area (Å²) >= 11 is 10.7. The van der Waals surface area contributed by atoms with Crippen LogP contribution in [-0.4, -0.2) is 35.6 Å². The number of aromatic amines is 1. The van der Waals surface area contributed by atoms with Crippen molar-refractivity contribution in [1.29, 1.82) is 0 Å². The monoisotopic (exact) mass is 536 g/mol. The fourth-order valence-corrected chi connectivity index (χ4v) is 5.32. The molecule has 1 heterocycles.